The maximum atomic E-state index is 12.3. The van der Waals surface area contributed by atoms with E-state index in [4.69, 9.17) is 5.73 Å². The maximum absolute atomic E-state index is 12.3. The average molecular weight is 274 g/mol. The van der Waals surface area contributed by atoms with Crippen LogP contribution in [-0.4, -0.2) is 25.8 Å². The fourth-order valence-electron chi connectivity index (χ4n) is 3.17. The van der Waals surface area contributed by atoms with Crippen molar-refractivity contribution < 1.29 is 8.42 Å². The number of hydrogen-bond donors (Lipinski definition) is 2. The molecule has 18 heavy (non-hydrogen) atoms. The Balaban J connectivity index is 1.97. The molecule has 2 unspecified atom stereocenters. The zero-order valence-corrected chi connectivity index (χ0v) is 11.9. The molecule has 106 valence electrons. The molecule has 2 rings (SSSR count). The van der Waals surface area contributed by atoms with Gasteiger partial charge < -0.3 is 5.73 Å². The summed E-state index contributed by atoms with van der Waals surface area (Å²) in [5.74, 6) is 0. The van der Waals surface area contributed by atoms with Gasteiger partial charge in [-0.3, -0.25) is 0 Å². The molecule has 4 nitrogen and oxygen atoms in total. The van der Waals surface area contributed by atoms with E-state index in [2.05, 4.69) is 4.72 Å². The van der Waals surface area contributed by atoms with Gasteiger partial charge in [-0.1, -0.05) is 38.5 Å². The molecule has 0 radical (unpaired) electrons. The van der Waals surface area contributed by atoms with Crippen LogP contribution < -0.4 is 10.5 Å². The van der Waals surface area contributed by atoms with Crippen molar-refractivity contribution >= 4 is 10.0 Å². The number of rotatable bonds is 3. The molecule has 0 heterocycles. The molecule has 5 heteroatoms. The van der Waals surface area contributed by atoms with E-state index in [0.29, 0.717) is 0 Å². The predicted molar refractivity (Wildman–Crippen MR) is 73.8 cm³/mol. The minimum absolute atomic E-state index is 0.00846. The highest BCUT2D eigenvalue weighted by Gasteiger charge is 2.31. The molecule has 2 atom stereocenters. The second-order valence-electron chi connectivity index (χ2n) is 5.83. The van der Waals surface area contributed by atoms with E-state index in [1.165, 1.54) is 12.8 Å². The van der Waals surface area contributed by atoms with E-state index in [-0.39, 0.29) is 17.3 Å². The molecule has 2 aliphatic rings. The van der Waals surface area contributed by atoms with Crippen LogP contribution in [0, 0.1) is 0 Å². The van der Waals surface area contributed by atoms with Crippen LogP contribution in [0.4, 0.5) is 0 Å². The first-order valence-corrected chi connectivity index (χ1v) is 8.91. The lowest BCUT2D eigenvalue weighted by Crippen LogP contribution is -2.49. The molecular weight excluding hydrogens is 248 g/mol. The van der Waals surface area contributed by atoms with Gasteiger partial charge in [-0.05, 0) is 25.7 Å². The minimum atomic E-state index is -3.16. The summed E-state index contributed by atoms with van der Waals surface area (Å²) in [4.78, 5) is 0. The summed E-state index contributed by atoms with van der Waals surface area (Å²) in [5, 5.41) is -0.179. The Morgan fingerprint density at radius 2 is 1.39 bits per heavy atom. The van der Waals surface area contributed by atoms with Crippen molar-refractivity contribution in [3.05, 3.63) is 0 Å². The molecule has 0 spiro atoms. The molecule has 0 amide bonds. The van der Waals surface area contributed by atoms with Crippen LogP contribution in [0.3, 0.4) is 0 Å². The Morgan fingerprint density at radius 1 is 0.833 bits per heavy atom. The van der Waals surface area contributed by atoms with Crippen molar-refractivity contribution in [3.8, 4) is 0 Å². The van der Waals surface area contributed by atoms with Gasteiger partial charge in [-0.2, -0.15) is 0 Å². The van der Waals surface area contributed by atoms with Gasteiger partial charge >= 0.3 is 0 Å². The third-order valence-electron chi connectivity index (χ3n) is 4.38. The van der Waals surface area contributed by atoms with Crippen molar-refractivity contribution in [1.82, 2.24) is 4.72 Å². The lowest BCUT2D eigenvalue weighted by Gasteiger charge is -2.27. The quantitative estimate of drug-likeness (QED) is 0.772. The smallest absolute Gasteiger partial charge is 0.214 e. The van der Waals surface area contributed by atoms with Crippen molar-refractivity contribution in [2.75, 3.05) is 0 Å². The second kappa shape index (κ2) is 6.35. The molecule has 0 aliphatic heterocycles. The van der Waals surface area contributed by atoms with E-state index < -0.39 is 10.0 Å². The fourth-order valence-corrected chi connectivity index (χ4v) is 5.03. The van der Waals surface area contributed by atoms with Gasteiger partial charge in [0.15, 0.2) is 0 Å². The molecule has 2 saturated carbocycles. The Labute approximate surface area is 111 Å². The summed E-state index contributed by atoms with van der Waals surface area (Å²) in [6.45, 7) is 0. The van der Waals surface area contributed by atoms with Gasteiger partial charge in [-0.15, -0.1) is 0 Å². The Kier molecular flexibility index (Phi) is 5.04. The Morgan fingerprint density at radius 3 is 2.06 bits per heavy atom. The van der Waals surface area contributed by atoms with Crippen molar-refractivity contribution in [3.63, 3.8) is 0 Å². The van der Waals surface area contributed by atoms with Crippen LogP contribution in [0.2, 0.25) is 0 Å². The van der Waals surface area contributed by atoms with E-state index in [0.717, 1.165) is 51.4 Å². The van der Waals surface area contributed by atoms with Gasteiger partial charge in [-0.25, -0.2) is 13.1 Å². The zero-order chi connectivity index (χ0) is 13.0. The lowest BCUT2D eigenvalue weighted by molar-refractivity contribution is 0.436. The van der Waals surface area contributed by atoms with Crippen molar-refractivity contribution in [1.29, 1.82) is 0 Å². The summed E-state index contributed by atoms with van der Waals surface area (Å²) < 4.78 is 27.6. The van der Waals surface area contributed by atoms with Gasteiger partial charge in [0, 0.05) is 12.1 Å². The summed E-state index contributed by atoms with van der Waals surface area (Å²) in [5.41, 5.74) is 6.09. The van der Waals surface area contributed by atoms with Crippen LogP contribution in [0.1, 0.15) is 64.2 Å². The highest BCUT2D eigenvalue weighted by molar-refractivity contribution is 7.90. The van der Waals surface area contributed by atoms with E-state index >= 15 is 0 Å². The summed E-state index contributed by atoms with van der Waals surface area (Å²) in [6, 6.07) is -0.0507. The summed E-state index contributed by atoms with van der Waals surface area (Å²) in [6.07, 6.45) is 10.1. The minimum Gasteiger partial charge on any atom is -0.326 e. The van der Waals surface area contributed by atoms with Gasteiger partial charge in [0.25, 0.3) is 0 Å². The second-order valence-corrected chi connectivity index (χ2v) is 7.82. The SMILES string of the molecule is NC1CCCCCC1NS(=O)(=O)C1CCCCC1. The van der Waals surface area contributed by atoms with Crippen LogP contribution in [0.25, 0.3) is 0 Å². The molecule has 0 aromatic rings. The normalized spacial score (nSPS) is 32.1. The first kappa shape index (κ1) is 14.3. The number of nitrogens with one attached hydrogen (secondary N) is 1. The van der Waals surface area contributed by atoms with Crippen LogP contribution in [0.5, 0.6) is 0 Å². The Bertz CT molecular complexity index is 350. The first-order valence-electron chi connectivity index (χ1n) is 7.36. The summed E-state index contributed by atoms with van der Waals surface area (Å²) >= 11 is 0. The number of hydrogen-bond acceptors (Lipinski definition) is 3. The van der Waals surface area contributed by atoms with Crippen molar-refractivity contribution in [2.45, 2.75) is 81.5 Å². The van der Waals surface area contributed by atoms with E-state index in [1.807, 2.05) is 0 Å². The third kappa shape index (κ3) is 3.68. The van der Waals surface area contributed by atoms with Gasteiger partial charge in [0.1, 0.15) is 0 Å². The van der Waals surface area contributed by atoms with Crippen LogP contribution >= 0.6 is 0 Å². The topological polar surface area (TPSA) is 72.2 Å². The zero-order valence-electron chi connectivity index (χ0n) is 11.1. The lowest BCUT2D eigenvalue weighted by atomic mass is 10.0. The molecule has 0 bridgehead atoms. The molecule has 2 fully saturated rings. The predicted octanol–water partition coefficient (Wildman–Crippen LogP) is 1.90. The fraction of sp³-hybridized carbons (Fsp3) is 1.00. The van der Waals surface area contributed by atoms with Crippen molar-refractivity contribution in [2.24, 2.45) is 5.73 Å². The van der Waals surface area contributed by atoms with Crippen LogP contribution in [-0.2, 0) is 10.0 Å². The third-order valence-corrected chi connectivity index (χ3v) is 6.36. The highest BCUT2D eigenvalue weighted by Crippen LogP contribution is 2.25. The summed E-state index contributed by atoms with van der Waals surface area (Å²) in [7, 11) is -3.16. The van der Waals surface area contributed by atoms with E-state index in [1.54, 1.807) is 0 Å². The average Bonchev–Trinajstić information content (AvgIpc) is 2.56. The Hall–Kier alpha value is -0.130. The standard InChI is InChI=1S/C13H26N2O2S/c14-12-9-5-2-6-10-13(12)15-18(16,17)11-7-3-1-4-8-11/h11-13,15H,1-10,14H2. The number of nitrogens with two attached hydrogens (primary N) is 1. The maximum Gasteiger partial charge on any atom is 0.214 e. The molecule has 3 N–H and O–H groups in total. The van der Waals surface area contributed by atoms with E-state index in [9.17, 15) is 8.42 Å². The largest absolute Gasteiger partial charge is 0.326 e. The highest BCUT2D eigenvalue weighted by atomic mass is 32.2. The number of sulfonamides is 1. The molecule has 2 aliphatic carbocycles. The van der Waals surface area contributed by atoms with Crippen LogP contribution in [0.15, 0.2) is 0 Å². The molecule has 0 aromatic carbocycles. The monoisotopic (exact) mass is 274 g/mol. The molecule has 0 saturated heterocycles. The molecule has 0 aromatic heterocycles. The molecular formula is C13H26N2O2S. The van der Waals surface area contributed by atoms with Gasteiger partial charge in [0.05, 0.1) is 5.25 Å². The first-order chi connectivity index (χ1) is 8.59. The van der Waals surface area contributed by atoms with Gasteiger partial charge in [0.2, 0.25) is 10.0 Å².